The van der Waals surface area contributed by atoms with Gasteiger partial charge in [0.15, 0.2) is 5.58 Å². The van der Waals surface area contributed by atoms with Crippen LogP contribution in [-0.2, 0) is 4.74 Å². The fourth-order valence-corrected chi connectivity index (χ4v) is 3.00. The first-order valence-electron chi connectivity index (χ1n) is 7.28. The molecule has 0 saturated carbocycles. The summed E-state index contributed by atoms with van der Waals surface area (Å²) in [7, 11) is 0. The van der Waals surface area contributed by atoms with E-state index in [2.05, 4.69) is 9.88 Å². The summed E-state index contributed by atoms with van der Waals surface area (Å²) < 4.78 is 11.7. The van der Waals surface area contributed by atoms with Gasteiger partial charge in [-0.05, 0) is 18.2 Å². The summed E-state index contributed by atoms with van der Waals surface area (Å²) >= 11 is 6.28. The van der Waals surface area contributed by atoms with Gasteiger partial charge in [-0.15, -0.1) is 0 Å². The van der Waals surface area contributed by atoms with E-state index in [1.54, 1.807) is 0 Å². The minimum absolute atomic E-state index is 0.0718. The Labute approximate surface area is 133 Å². The van der Waals surface area contributed by atoms with Crippen molar-refractivity contribution in [2.45, 2.75) is 6.10 Å². The second-order valence-electron chi connectivity index (χ2n) is 5.29. The fraction of sp³-hybridized carbons (Fsp3) is 0.235. The summed E-state index contributed by atoms with van der Waals surface area (Å²) in [5.41, 5.74) is 2.68. The molecule has 0 amide bonds. The largest absolute Gasteiger partial charge is 0.423 e. The van der Waals surface area contributed by atoms with Crippen LogP contribution in [0.1, 0.15) is 11.7 Å². The van der Waals surface area contributed by atoms with Gasteiger partial charge < -0.3 is 14.1 Å². The molecule has 0 bridgehead atoms. The third kappa shape index (κ3) is 2.45. The highest BCUT2D eigenvalue weighted by Crippen LogP contribution is 2.31. The molecular weight excluding hydrogens is 300 g/mol. The predicted molar refractivity (Wildman–Crippen MR) is 86.4 cm³/mol. The van der Waals surface area contributed by atoms with E-state index < -0.39 is 0 Å². The summed E-state index contributed by atoms with van der Waals surface area (Å²) in [5, 5.41) is 0.729. The van der Waals surface area contributed by atoms with Crippen LogP contribution in [0.25, 0.3) is 11.1 Å². The number of anilines is 1. The van der Waals surface area contributed by atoms with Gasteiger partial charge in [0.1, 0.15) is 11.6 Å². The number of nitrogens with zero attached hydrogens (tertiary/aromatic N) is 2. The molecule has 4 nitrogen and oxygen atoms in total. The predicted octanol–water partition coefficient (Wildman–Crippen LogP) is 4.06. The van der Waals surface area contributed by atoms with Crippen molar-refractivity contribution in [3.63, 3.8) is 0 Å². The second-order valence-corrected chi connectivity index (χ2v) is 5.70. The molecule has 0 spiro atoms. The monoisotopic (exact) mass is 314 g/mol. The zero-order chi connectivity index (χ0) is 14.9. The molecule has 2 heterocycles. The quantitative estimate of drug-likeness (QED) is 0.715. The number of hydrogen-bond donors (Lipinski definition) is 0. The van der Waals surface area contributed by atoms with Gasteiger partial charge in [0, 0.05) is 17.1 Å². The van der Waals surface area contributed by atoms with Crippen molar-refractivity contribution in [1.82, 2.24) is 4.98 Å². The Morgan fingerprint density at radius 1 is 1.09 bits per heavy atom. The van der Waals surface area contributed by atoms with Crippen molar-refractivity contribution in [3.05, 3.63) is 59.1 Å². The highest BCUT2D eigenvalue weighted by molar-refractivity contribution is 6.31. The Morgan fingerprint density at radius 3 is 2.77 bits per heavy atom. The number of halogens is 1. The summed E-state index contributed by atoms with van der Waals surface area (Å²) in [6, 6.07) is 16.2. The first-order valence-corrected chi connectivity index (χ1v) is 7.65. The molecule has 2 aromatic carbocycles. The number of para-hydroxylation sites is 2. The third-order valence-electron chi connectivity index (χ3n) is 3.87. The minimum atomic E-state index is -0.0718. The molecule has 3 aromatic rings. The molecule has 1 aliphatic rings. The van der Waals surface area contributed by atoms with Gasteiger partial charge in [-0.1, -0.05) is 41.9 Å². The molecule has 112 valence electrons. The number of hydrogen-bond acceptors (Lipinski definition) is 4. The van der Waals surface area contributed by atoms with Crippen LogP contribution in [0.3, 0.4) is 0 Å². The second kappa shape index (κ2) is 5.63. The highest BCUT2D eigenvalue weighted by atomic mass is 35.5. The lowest BCUT2D eigenvalue weighted by Gasteiger charge is -2.32. The Kier molecular flexibility index (Phi) is 3.48. The lowest BCUT2D eigenvalue weighted by atomic mass is 10.1. The maximum atomic E-state index is 6.28. The summed E-state index contributed by atoms with van der Waals surface area (Å²) in [4.78, 5) is 6.67. The number of oxazole rings is 1. The number of benzene rings is 2. The normalized spacial score (nSPS) is 18.8. The van der Waals surface area contributed by atoms with Crippen LogP contribution in [-0.4, -0.2) is 24.7 Å². The number of fused-ring (bicyclic) bond motifs is 1. The van der Waals surface area contributed by atoms with Gasteiger partial charge in [-0.25, -0.2) is 0 Å². The maximum Gasteiger partial charge on any atom is 0.298 e. The van der Waals surface area contributed by atoms with Gasteiger partial charge in [0.05, 0.1) is 13.2 Å². The average molecular weight is 315 g/mol. The van der Waals surface area contributed by atoms with Crippen LogP contribution in [0, 0.1) is 0 Å². The van der Waals surface area contributed by atoms with Gasteiger partial charge in [-0.2, -0.15) is 4.98 Å². The number of ether oxygens (including phenoxy) is 1. The van der Waals surface area contributed by atoms with E-state index in [1.165, 1.54) is 0 Å². The molecule has 1 aromatic heterocycles. The van der Waals surface area contributed by atoms with E-state index in [1.807, 2.05) is 48.5 Å². The van der Waals surface area contributed by atoms with Gasteiger partial charge in [0.2, 0.25) is 0 Å². The Morgan fingerprint density at radius 2 is 1.91 bits per heavy atom. The number of aromatic nitrogens is 1. The highest BCUT2D eigenvalue weighted by Gasteiger charge is 2.26. The zero-order valence-electron chi connectivity index (χ0n) is 11.9. The van der Waals surface area contributed by atoms with E-state index in [0.717, 1.165) is 28.2 Å². The molecule has 0 N–H and O–H groups in total. The van der Waals surface area contributed by atoms with Crippen molar-refractivity contribution in [2.75, 3.05) is 24.6 Å². The van der Waals surface area contributed by atoms with Crippen LogP contribution in [0.4, 0.5) is 6.01 Å². The smallest absolute Gasteiger partial charge is 0.298 e. The van der Waals surface area contributed by atoms with Crippen LogP contribution in [0.2, 0.25) is 5.02 Å². The average Bonchev–Trinajstić information content (AvgIpc) is 2.99. The summed E-state index contributed by atoms with van der Waals surface area (Å²) in [5.74, 6) is 0. The SMILES string of the molecule is Clc1ccccc1C1CN(c2nc3ccccc3o2)CCO1. The van der Waals surface area contributed by atoms with Gasteiger partial charge >= 0.3 is 0 Å². The van der Waals surface area contributed by atoms with E-state index in [4.69, 9.17) is 20.8 Å². The summed E-state index contributed by atoms with van der Waals surface area (Å²) in [6.07, 6.45) is -0.0718. The Balaban J connectivity index is 1.62. The van der Waals surface area contributed by atoms with Crippen molar-refractivity contribution in [3.8, 4) is 0 Å². The third-order valence-corrected chi connectivity index (χ3v) is 4.22. The minimum Gasteiger partial charge on any atom is -0.423 e. The lowest BCUT2D eigenvalue weighted by Crippen LogP contribution is -2.38. The first-order chi connectivity index (χ1) is 10.8. The van der Waals surface area contributed by atoms with Crippen LogP contribution >= 0.6 is 11.6 Å². The van der Waals surface area contributed by atoms with Crippen LogP contribution in [0.15, 0.2) is 52.9 Å². The standard InChI is InChI=1S/C17H15ClN2O2/c18-13-6-2-1-5-12(13)16-11-20(9-10-21-16)17-19-14-7-3-4-8-15(14)22-17/h1-8,16H,9-11H2. The van der Waals surface area contributed by atoms with Crippen molar-refractivity contribution in [2.24, 2.45) is 0 Å². The van der Waals surface area contributed by atoms with Crippen LogP contribution in [0.5, 0.6) is 0 Å². The van der Waals surface area contributed by atoms with Crippen molar-refractivity contribution < 1.29 is 9.15 Å². The molecular formula is C17H15ClN2O2. The molecule has 1 aliphatic heterocycles. The molecule has 4 rings (SSSR count). The molecule has 1 atom stereocenters. The molecule has 0 aliphatic carbocycles. The molecule has 1 saturated heterocycles. The zero-order valence-corrected chi connectivity index (χ0v) is 12.7. The fourth-order valence-electron chi connectivity index (χ4n) is 2.74. The van der Waals surface area contributed by atoms with E-state index in [0.29, 0.717) is 19.2 Å². The summed E-state index contributed by atoms with van der Waals surface area (Å²) in [6.45, 7) is 2.05. The topological polar surface area (TPSA) is 38.5 Å². The van der Waals surface area contributed by atoms with E-state index in [-0.39, 0.29) is 6.10 Å². The Hall–Kier alpha value is -2.04. The number of rotatable bonds is 2. The van der Waals surface area contributed by atoms with Crippen molar-refractivity contribution in [1.29, 1.82) is 0 Å². The lowest BCUT2D eigenvalue weighted by molar-refractivity contribution is 0.0382. The van der Waals surface area contributed by atoms with E-state index in [9.17, 15) is 0 Å². The van der Waals surface area contributed by atoms with Crippen molar-refractivity contribution >= 4 is 28.7 Å². The molecule has 22 heavy (non-hydrogen) atoms. The first kappa shape index (κ1) is 13.6. The Bertz CT molecular complexity index is 769. The number of morpholine rings is 1. The molecule has 1 unspecified atom stereocenters. The molecule has 5 heteroatoms. The van der Waals surface area contributed by atoms with Gasteiger partial charge in [-0.3, -0.25) is 0 Å². The molecule has 0 radical (unpaired) electrons. The van der Waals surface area contributed by atoms with Crippen LogP contribution < -0.4 is 4.90 Å². The molecule has 1 fully saturated rings. The van der Waals surface area contributed by atoms with E-state index >= 15 is 0 Å². The maximum absolute atomic E-state index is 6.28. The van der Waals surface area contributed by atoms with Gasteiger partial charge in [0.25, 0.3) is 6.01 Å².